The van der Waals surface area contributed by atoms with Gasteiger partial charge in [-0.3, -0.25) is 0 Å². The van der Waals surface area contributed by atoms with Crippen LogP contribution in [0.3, 0.4) is 0 Å². The Kier molecular flexibility index (Phi) is 3.32. The van der Waals surface area contributed by atoms with Crippen LogP contribution < -0.4 is 5.43 Å². The molecule has 0 N–H and O–H groups in total. The van der Waals surface area contributed by atoms with Crippen LogP contribution in [0.1, 0.15) is 73.6 Å². The molecule has 4 aliphatic heterocycles. The monoisotopic (exact) mass is 370 g/mol. The van der Waals surface area contributed by atoms with Gasteiger partial charge in [-0.2, -0.15) is 5.43 Å². The zero-order chi connectivity index (χ0) is 18.9. The van der Waals surface area contributed by atoms with E-state index in [4.69, 9.17) is 10.5 Å². The van der Waals surface area contributed by atoms with Crippen molar-refractivity contribution in [2.45, 2.75) is 109 Å². The molecule has 0 aromatic heterocycles. The Hall–Kier alpha value is -0.480. The zero-order valence-corrected chi connectivity index (χ0v) is 18.1. The summed E-state index contributed by atoms with van der Waals surface area (Å²) >= 11 is 0. The van der Waals surface area contributed by atoms with Crippen LogP contribution in [-0.2, 0) is 0 Å². The summed E-state index contributed by atoms with van der Waals surface area (Å²) in [7, 11) is 0. The summed E-state index contributed by atoms with van der Waals surface area (Å²) in [6.07, 6.45) is 6.95. The number of azo groups is 2. The summed E-state index contributed by atoms with van der Waals surface area (Å²) < 4.78 is 2.56. The van der Waals surface area contributed by atoms with Crippen molar-refractivity contribution in [1.29, 1.82) is 0 Å². The summed E-state index contributed by atoms with van der Waals surface area (Å²) in [6, 6.07) is 2.62. The number of fused-ring (bicyclic) bond motifs is 5. The van der Waals surface area contributed by atoms with E-state index in [1.54, 1.807) is 0 Å². The number of hydrogen-bond acceptors (Lipinski definition) is 2. The van der Waals surface area contributed by atoms with Crippen LogP contribution >= 0.6 is 0 Å². The Labute approximate surface area is 165 Å². The molecule has 4 nitrogen and oxygen atoms in total. The van der Waals surface area contributed by atoms with E-state index in [0.717, 1.165) is 35.5 Å². The van der Waals surface area contributed by atoms with E-state index in [1.165, 1.54) is 32.1 Å². The van der Waals surface area contributed by atoms with Gasteiger partial charge in [0.15, 0.2) is 11.6 Å². The number of nitrogens with zero attached hydrogens (tertiary/aromatic N) is 4. The van der Waals surface area contributed by atoms with Crippen molar-refractivity contribution in [3.8, 4) is 0 Å². The van der Waals surface area contributed by atoms with Gasteiger partial charge >= 0.3 is 0 Å². The van der Waals surface area contributed by atoms with Gasteiger partial charge in [-0.05, 0) is 81.2 Å². The van der Waals surface area contributed by atoms with Gasteiger partial charge in [-0.25, -0.2) is 5.01 Å². The molecule has 0 aromatic carbocycles. The van der Waals surface area contributed by atoms with Crippen molar-refractivity contribution < 1.29 is 4.70 Å². The van der Waals surface area contributed by atoms with E-state index in [-0.39, 0.29) is 11.1 Å². The molecule has 0 spiro atoms. The fourth-order valence-electron chi connectivity index (χ4n) is 8.89. The molecule has 8 aliphatic rings. The molecule has 0 aromatic rings. The minimum absolute atomic E-state index is 0.174. The fraction of sp³-hybridized carbons (Fsp3) is 1.00. The van der Waals surface area contributed by atoms with Gasteiger partial charge in [0.25, 0.3) is 0 Å². The molecule has 0 amide bonds. The molecule has 10 atom stereocenters. The minimum Gasteiger partial charge on any atom is -0.218 e. The molecule has 4 aliphatic carbocycles. The van der Waals surface area contributed by atoms with E-state index in [2.05, 4.69) is 51.2 Å². The third-order valence-corrected chi connectivity index (χ3v) is 9.25. The molecule has 2 saturated heterocycles. The maximum Gasteiger partial charge on any atom is 0.182 e. The molecule has 4 saturated carbocycles. The summed E-state index contributed by atoms with van der Waals surface area (Å²) in [5.41, 5.74) is 5.68. The van der Waals surface area contributed by atoms with Gasteiger partial charge in [0, 0.05) is 50.7 Å². The van der Waals surface area contributed by atoms with Crippen molar-refractivity contribution >= 4 is 0 Å². The normalized spacial score (nSPS) is 53.5. The predicted octanol–water partition coefficient (Wildman–Crippen LogP) is 4.07. The van der Waals surface area contributed by atoms with E-state index >= 15 is 0 Å². The van der Waals surface area contributed by atoms with Crippen LogP contribution in [0.4, 0.5) is 0 Å². The molecular formula is C23H38N4+. The van der Waals surface area contributed by atoms with Crippen LogP contribution in [0.2, 0.25) is 0 Å². The van der Waals surface area contributed by atoms with Crippen molar-refractivity contribution in [3.63, 3.8) is 0 Å². The molecule has 149 valence electrons. The second kappa shape index (κ2) is 5.16. The van der Waals surface area contributed by atoms with E-state index in [0.29, 0.717) is 24.2 Å². The lowest BCUT2D eigenvalue weighted by Gasteiger charge is -2.61. The fourth-order valence-corrected chi connectivity index (χ4v) is 8.89. The third-order valence-electron chi connectivity index (χ3n) is 9.25. The van der Waals surface area contributed by atoms with Gasteiger partial charge in [0.1, 0.15) is 6.04 Å². The molecule has 4 heterocycles. The first kappa shape index (κ1) is 17.4. The van der Waals surface area contributed by atoms with Crippen LogP contribution in [-0.4, -0.2) is 45.0 Å². The lowest BCUT2D eigenvalue weighted by atomic mass is 9.53. The quantitative estimate of drug-likeness (QED) is 0.592. The van der Waals surface area contributed by atoms with Crippen LogP contribution in [0.15, 0.2) is 5.11 Å². The topological polar surface area (TPSA) is 32.7 Å². The highest BCUT2D eigenvalue weighted by Crippen LogP contribution is 2.69. The van der Waals surface area contributed by atoms with Crippen molar-refractivity contribution in [2.75, 3.05) is 0 Å². The maximum absolute atomic E-state index is 5.33. The summed E-state index contributed by atoms with van der Waals surface area (Å²) in [5.74, 6) is 5.44. The minimum atomic E-state index is 0.174. The van der Waals surface area contributed by atoms with Gasteiger partial charge in [0.2, 0.25) is 0 Å². The predicted molar refractivity (Wildman–Crippen MR) is 105 cm³/mol. The van der Waals surface area contributed by atoms with Gasteiger partial charge in [0.05, 0.1) is 0 Å². The first-order valence-corrected chi connectivity index (χ1v) is 11.7. The average molecular weight is 371 g/mol. The lowest BCUT2D eigenvalue weighted by Crippen LogP contribution is -2.71. The maximum atomic E-state index is 5.33. The van der Waals surface area contributed by atoms with E-state index in [9.17, 15) is 0 Å². The first-order valence-electron chi connectivity index (χ1n) is 11.7. The Bertz CT molecular complexity index is 685. The highest BCUT2D eigenvalue weighted by atomic mass is 15.6. The van der Waals surface area contributed by atoms with Crippen molar-refractivity contribution in [2.24, 2.45) is 40.6 Å². The summed E-state index contributed by atoms with van der Waals surface area (Å²) in [5, 5.41) is 7.89. The van der Waals surface area contributed by atoms with Crippen LogP contribution in [0, 0.1) is 35.5 Å². The molecule has 0 unspecified atom stereocenters. The SMILES string of the molecule is CC(C)(C)N1[N][C@H]2CC[C@@H]1[C@@H]1[C@@H]3C[C@@H]([C@@H]4[C@H]3[C@@H]3CC[C@H]4N=[N+]3C(C)(C)C)[C@@H]12. The summed E-state index contributed by atoms with van der Waals surface area (Å²) in [4.78, 5) is 0. The highest BCUT2D eigenvalue weighted by Gasteiger charge is 2.72. The average Bonchev–Trinajstić information content (AvgIpc) is 3.21. The van der Waals surface area contributed by atoms with Gasteiger partial charge in [-0.15, -0.1) is 4.70 Å². The molecule has 4 heteroatoms. The highest BCUT2D eigenvalue weighted by molar-refractivity contribution is 5.19. The Morgan fingerprint density at radius 1 is 0.778 bits per heavy atom. The Morgan fingerprint density at radius 2 is 1.44 bits per heavy atom. The molecule has 27 heavy (non-hydrogen) atoms. The Balaban J connectivity index is 1.39. The smallest absolute Gasteiger partial charge is 0.182 e. The van der Waals surface area contributed by atoms with E-state index < -0.39 is 0 Å². The van der Waals surface area contributed by atoms with E-state index in [1.807, 2.05) is 0 Å². The zero-order valence-electron chi connectivity index (χ0n) is 18.1. The Morgan fingerprint density at radius 3 is 2.15 bits per heavy atom. The van der Waals surface area contributed by atoms with Gasteiger partial charge < -0.3 is 0 Å². The van der Waals surface area contributed by atoms with Crippen molar-refractivity contribution in [3.05, 3.63) is 0 Å². The third kappa shape index (κ3) is 2.12. The molecule has 8 rings (SSSR count). The number of rotatable bonds is 0. The van der Waals surface area contributed by atoms with Crippen molar-refractivity contribution in [1.82, 2.24) is 10.4 Å². The summed E-state index contributed by atoms with van der Waals surface area (Å²) in [6.45, 7) is 14.2. The first-order chi connectivity index (χ1) is 12.7. The number of hydrogen-bond donors (Lipinski definition) is 0. The lowest BCUT2D eigenvalue weighted by molar-refractivity contribution is -0.713. The van der Waals surface area contributed by atoms with Crippen LogP contribution in [0.25, 0.3) is 0 Å². The molecular weight excluding hydrogens is 332 g/mol. The second-order valence-electron chi connectivity index (χ2n) is 12.6. The largest absolute Gasteiger partial charge is 0.218 e. The second-order valence-corrected chi connectivity index (χ2v) is 12.6. The van der Waals surface area contributed by atoms with Gasteiger partial charge in [-0.1, -0.05) is 0 Å². The molecule has 1 radical (unpaired) electrons. The standard InChI is InChI=1S/C23H38N4/c1-22(2,3)26-16-9-7-14(24-26)18-12-11-13(20(16)18)21-17-10-8-15(19(12)21)25-27(17)23(4,5)6/h12-21H,7-11H2,1-6H3/q+1/t12-,13+,14+,15-,16-,17+,18-,19+,20+,21-. The molecule has 6 fully saturated rings. The molecule has 6 bridgehead atoms. The van der Waals surface area contributed by atoms with Crippen LogP contribution in [0.5, 0.6) is 0 Å².